The smallest absolute Gasteiger partial charge is 0.191 e. The average Bonchev–Trinajstić information content (AvgIpc) is 3.14. The maximum Gasteiger partial charge on any atom is 0.191 e. The van der Waals surface area contributed by atoms with Gasteiger partial charge in [-0.2, -0.15) is 0 Å². The molecule has 1 aromatic carbocycles. The van der Waals surface area contributed by atoms with Gasteiger partial charge in [-0.05, 0) is 44.2 Å². The van der Waals surface area contributed by atoms with Crippen LogP contribution in [0.25, 0.3) is 11.4 Å². The zero-order valence-electron chi connectivity index (χ0n) is 13.5. The van der Waals surface area contributed by atoms with Crippen molar-refractivity contribution in [2.24, 2.45) is 7.05 Å². The third kappa shape index (κ3) is 3.25. The highest BCUT2D eigenvalue weighted by atomic mass is 35.5. The molecule has 0 fully saturated rings. The Hall–Kier alpha value is -2.05. The maximum absolute atomic E-state index is 12.5. The standard InChI is InChI=1S/C17H16ClN3O2S/c1-10-14(8-9-23-10)16-19-20-17(21(16)3)24-11(2)15(22)12-4-6-13(18)7-5-12/h4-9,11H,1-3H3. The van der Waals surface area contributed by atoms with Gasteiger partial charge in [0, 0.05) is 17.6 Å². The van der Waals surface area contributed by atoms with Crippen LogP contribution < -0.4 is 0 Å². The number of carbonyl (C=O) groups is 1. The number of carbonyl (C=O) groups excluding carboxylic acids is 1. The van der Waals surface area contributed by atoms with E-state index in [1.165, 1.54) is 11.8 Å². The number of ketones is 1. The summed E-state index contributed by atoms with van der Waals surface area (Å²) < 4.78 is 7.19. The van der Waals surface area contributed by atoms with Gasteiger partial charge in [0.2, 0.25) is 0 Å². The van der Waals surface area contributed by atoms with E-state index < -0.39 is 0 Å². The fourth-order valence-electron chi connectivity index (χ4n) is 2.33. The van der Waals surface area contributed by atoms with E-state index in [9.17, 15) is 4.79 Å². The predicted octanol–water partition coefficient (Wildman–Crippen LogP) is 4.40. The molecule has 0 radical (unpaired) electrons. The summed E-state index contributed by atoms with van der Waals surface area (Å²) in [5.74, 6) is 1.53. The summed E-state index contributed by atoms with van der Waals surface area (Å²) in [5, 5.41) is 9.43. The van der Waals surface area contributed by atoms with E-state index in [4.69, 9.17) is 16.0 Å². The van der Waals surface area contributed by atoms with E-state index in [2.05, 4.69) is 10.2 Å². The Morgan fingerprint density at radius 1 is 1.25 bits per heavy atom. The minimum absolute atomic E-state index is 0.0284. The monoisotopic (exact) mass is 361 g/mol. The molecule has 0 aliphatic rings. The van der Waals surface area contributed by atoms with Crippen molar-refractivity contribution in [2.45, 2.75) is 24.3 Å². The van der Waals surface area contributed by atoms with Crippen LogP contribution in [0.5, 0.6) is 0 Å². The first kappa shape index (κ1) is 16.8. The number of hydrogen-bond donors (Lipinski definition) is 0. The van der Waals surface area contributed by atoms with Gasteiger partial charge in [-0.1, -0.05) is 23.4 Å². The zero-order valence-corrected chi connectivity index (χ0v) is 15.1. The number of nitrogens with zero attached hydrogens (tertiary/aromatic N) is 3. The Morgan fingerprint density at radius 2 is 1.96 bits per heavy atom. The van der Waals surface area contributed by atoms with E-state index in [1.807, 2.05) is 31.5 Å². The van der Waals surface area contributed by atoms with Crippen molar-refractivity contribution in [3.8, 4) is 11.4 Å². The molecule has 0 bridgehead atoms. The number of halogens is 1. The number of Topliss-reactive ketones (excluding diaryl/α,β-unsaturated/α-hetero) is 1. The number of aryl methyl sites for hydroxylation is 1. The summed E-state index contributed by atoms with van der Waals surface area (Å²) in [6.07, 6.45) is 1.62. The summed E-state index contributed by atoms with van der Waals surface area (Å²) in [4.78, 5) is 12.5. The fourth-order valence-corrected chi connectivity index (χ4v) is 3.35. The number of aromatic nitrogens is 3. The van der Waals surface area contributed by atoms with Crippen molar-refractivity contribution in [3.05, 3.63) is 52.9 Å². The van der Waals surface area contributed by atoms with E-state index >= 15 is 0 Å². The van der Waals surface area contributed by atoms with Gasteiger partial charge in [0.25, 0.3) is 0 Å². The lowest BCUT2D eigenvalue weighted by atomic mass is 10.1. The SMILES string of the molecule is Cc1occc1-c1nnc(SC(C)C(=O)c2ccc(Cl)cc2)n1C. The Bertz CT molecular complexity index is 870. The number of benzene rings is 1. The van der Waals surface area contributed by atoms with Gasteiger partial charge in [0.15, 0.2) is 16.8 Å². The molecule has 24 heavy (non-hydrogen) atoms. The normalized spacial score (nSPS) is 12.3. The maximum atomic E-state index is 12.5. The van der Waals surface area contributed by atoms with Crippen LogP contribution in [0.3, 0.4) is 0 Å². The number of furan rings is 1. The molecule has 3 aromatic rings. The summed E-state index contributed by atoms with van der Waals surface area (Å²) >= 11 is 7.24. The molecule has 2 aromatic heterocycles. The summed E-state index contributed by atoms with van der Waals surface area (Å²) in [6.45, 7) is 3.74. The molecule has 1 atom stereocenters. The van der Waals surface area contributed by atoms with Gasteiger partial charge in [-0.25, -0.2) is 0 Å². The van der Waals surface area contributed by atoms with Crippen molar-refractivity contribution < 1.29 is 9.21 Å². The molecule has 3 rings (SSSR count). The number of thioether (sulfide) groups is 1. The molecule has 5 nitrogen and oxygen atoms in total. The van der Waals surface area contributed by atoms with Crippen LogP contribution in [0.4, 0.5) is 0 Å². The summed E-state index contributed by atoms with van der Waals surface area (Å²) in [5.41, 5.74) is 1.53. The van der Waals surface area contributed by atoms with Gasteiger partial charge < -0.3 is 8.98 Å². The lowest BCUT2D eigenvalue weighted by Crippen LogP contribution is -2.14. The second kappa shape index (κ2) is 6.83. The van der Waals surface area contributed by atoms with Crippen LogP contribution in [-0.4, -0.2) is 25.8 Å². The highest BCUT2D eigenvalue weighted by Gasteiger charge is 2.21. The van der Waals surface area contributed by atoms with Crippen molar-refractivity contribution in [3.63, 3.8) is 0 Å². The average molecular weight is 362 g/mol. The minimum Gasteiger partial charge on any atom is -0.469 e. The zero-order chi connectivity index (χ0) is 17.3. The van der Waals surface area contributed by atoms with Gasteiger partial charge in [0.05, 0.1) is 17.1 Å². The first-order valence-corrected chi connectivity index (χ1v) is 8.63. The third-order valence-corrected chi connectivity index (χ3v) is 5.10. The van der Waals surface area contributed by atoms with Crippen molar-refractivity contribution in [2.75, 3.05) is 0 Å². The van der Waals surface area contributed by atoms with Crippen LogP contribution >= 0.6 is 23.4 Å². The third-order valence-electron chi connectivity index (χ3n) is 3.71. The molecule has 0 N–H and O–H groups in total. The van der Waals surface area contributed by atoms with E-state index in [0.29, 0.717) is 15.7 Å². The van der Waals surface area contributed by atoms with E-state index in [0.717, 1.165) is 17.1 Å². The van der Waals surface area contributed by atoms with Gasteiger partial charge in [0.1, 0.15) is 5.76 Å². The molecule has 7 heteroatoms. The van der Waals surface area contributed by atoms with Gasteiger partial charge >= 0.3 is 0 Å². The lowest BCUT2D eigenvalue weighted by molar-refractivity contribution is 0.0994. The topological polar surface area (TPSA) is 60.9 Å². The Balaban J connectivity index is 1.79. The molecule has 0 spiro atoms. The molecule has 0 saturated carbocycles. The van der Waals surface area contributed by atoms with E-state index in [-0.39, 0.29) is 11.0 Å². The largest absolute Gasteiger partial charge is 0.469 e. The predicted molar refractivity (Wildman–Crippen MR) is 94.5 cm³/mol. The number of hydrogen-bond acceptors (Lipinski definition) is 5. The van der Waals surface area contributed by atoms with Gasteiger partial charge in [-0.15, -0.1) is 10.2 Å². The van der Waals surface area contributed by atoms with Crippen molar-refractivity contribution in [1.29, 1.82) is 0 Å². The highest BCUT2D eigenvalue weighted by molar-refractivity contribution is 8.00. The van der Waals surface area contributed by atoms with Crippen LogP contribution in [0.2, 0.25) is 5.02 Å². The summed E-state index contributed by atoms with van der Waals surface area (Å²) in [7, 11) is 1.88. The molecule has 124 valence electrons. The second-order valence-electron chi connectivity index (χ2n) is 5.39. The molecule has 0 aliphatic carbocycles. The fraction of sp³-hybridized carbons (Fsp3) is 0.235. The summed E-state index contributed by atoms with van der Waals surface area (Å²) in [6, 6.07) is 8.76. The Labute approximate surface area is 149 Å². The molecule has 0 saturated heterocycles. The van der Waals surface area contributed by atoms with Crippen LogP contribution in [0.15, 0.2) is 46.2 Å². The van der Waals surface area contributed by atoms with Crippen molar-refractivity contribution >= 4 is 29.1 Å². The minimum atomic E-state index is -0.285. The molecule has 0 amide bonds. The van der Waals surface area contributed by atoms with Crippen LogP contribution in [0, 0.1) is 6.92 Å². The number of rotatable bonds is 5. The first-order chi connectivity index (χ1) is 11.5. The Morgan fingerprint density at radius 3 is 2.58 bits per heavy atom. The van der Waals surface area contributed by atoms with Gasteiger partial charge in [-0.3, -0.25) is 4.79 Å². The molecule has 0 aliphatic heterocycles. The quantitative estimate of drug-likeness (QED) is 0.498. The Kier molecular flexibility index (Phi) is 4.78. The molecular weight excluding hydrogens is 346 g/mol. The van der Waals surface area contributed by atoms with E-state index in [1.54, 1.807) is 30.5 Å². The first-order valence-electron chi connectivity index (χ1n) is 7.37. The lowest BCUT2D eigenvalue weighted by Gasteiger charge is -2.10. The second-order valence-corrected chi connectivity index (χ2v) is 7.13. The molecular formula is C17H16ClN3O2S. The molecule has 1 unspecified atom stereocenters. The van der Waals surface area contributed by atoms with Crippen molar-refractivity contribution in [1.82, 2.24) is 14.8 Å². The highest BCUT2D eigenvalue weighted by Crippen LogP contribution is 2.29. The van der Waals surface area contributed by atoms with Crippen LogP contribution in [-0.2, 0) is 7.05 Å². The van der Waals surface area contributed by atoms with Crippen LogP contribution in [0.1, 0.15) is 23.0 Å². The molecule has 2 heterocycles.